The highest BCUT2D eigenvalue weighted by Gasteiger charge is 2.28. The molecule has 4 unspecified atom stereocenters. The van der Waals surface area contributed by atoms with E-state index in [-0.39, 0.29) is 11.8 Å². The van der Waals surface area contributed by atoms with Crippen LogP contribution in [0.5, 0.6) is 0 Å². The predicted octanol–water partition coefficient (Wildman–Crippen LogP) is -2.16. The number of unbranched alkanes of at least 4 members (excludes halogenated alkanes) is 1. The summed E-state index contributed by atoms with van der Waals surface area (Å²) in [5.41, 5.74) is 0. The number of aliphatic imine (C=N–C) groups is 1. The number of Topliss-reactive ketones (excluding diaryl/α,β-unsaturated/α-hetero) is 1. The summed E-state index contributed by atoms with van der Waals surface area (Å²) >= 11 is 0. The SMILES string of the molecule is CN[C@@H](CCCCN=CC(O)C(O)C(O)C(O)CO)C(C)=O. The van der Waals surface area contributed by atoms with Gasteiger partial charge in [-0.1, -0.05) is 0 Å². The van der Waals surface area contributed by atoms with Crippen molar-refractivity contribution in [3.8, 4) is 0 Å². The fourth-order valence-corrected chi connectivity index (χ4v) is 1.91. The first-order valence-electron chi connectivity index (χ1n) is 7.35. The van der Waals surface area contributed by atoms with Gasteiger partial charge in [-0.2, -0.15) is 0 Å². The number of hydrogen-bond donors (Lipinski definition) is 6. The van der Waals surface area contributed by atoms with Gasteiger partial charge in [0.15, 0.2) is 0 Å². The van der Waals surface area contributed by atoms with Crippen LogP contribution < -0.4 is 5.32 Å². The van der Waals surface area contributed by atoms with Crippen molar-refractivity contribution in [2.24, 2.45) is 4.99 Å². The van der Waals surface area contributed by atoms with Crippen LogP contribution in [-0.2, 0) is 4.79 Å². The number of ketones is 1. The van der Waals surface area contributed by atoms with Gasteiger partial charge < -0.3 is 30.8 Å². The Bertz CT molecular complexity index is 339. The van der Waals surface area contributed by atoms with Gasteiger partial charge in [-0.05, 0) is 33.2 Å². The van der Waals surface area contributed by atoms with E-state index in [0.29, 0.717) is 19.4 Å². The molecule has 130 valence electrons. The lowest BCUT2D eigenvalue weighted by Crippen LogP contribution is -2.46. The zero-order valence-corrected chi connectivity index (χ0v) is 13.1. The van der Waals surface area contributed by atoms with Crippen molar-refractivity contribution >= 4 is 12.0 Å². The molecule has 0 saturated heterocycles. The molecule has 0 fully saturated rings. The minimum absolute atomic E-state index is 0.0842. The van der Waals surface area contributed by atoms with E-state index in [1.54, 1.807) is 7.05 Å². The smallest absolute Gasteiger partial charge is 0.146 e. The lowest BCUT2D eigenvalue weighted by atomic mass is 10.0. The third-order valence-electron chi connectivity index (χ3n) is 3.41. The molecule has 0 aromatic rings. The van der Waals surface area contributed by atoms with Crippen molar-refractivity contribution in [1.29, 1.82) is 0 Å². The second kappa shape index (κ2) is 11.6. The van der Waals surface area contributed by atoms with Gasteiger partial charge in [0, 0.05) is 12.8 Å². The molecule has 0 aliphatic rings. The van der Waals surface area contributed by atoms with Crippen molar-refractivity contribution in [3.63, 3.8) is 0 Å². The largest absolute Gasteiger partial charge is 0.394 e. The third-order valence-corrected chi connectivity index (χ3v) is 3.41. The Kier molecular flexibility index (Phi) is 11.2. The summed E-state index contributed by atoms with van der Waals surface area (Å²) in [6.45, 7) is 1.23. The number of aliphatic hydroxyl groups excluding tert-OH is 5. The molecule has 0 radical (unpaired) electrons. The summed E-state index contributed by atoms with van der Waals surface area (Å²) in [7, 11) is 1.73. The maximum Gasteiger partial charge on any atom is 0.146 e. The van der Waals surface area contributed by atoms with E-state index in [2.05, 4.69) is 10.3 Å². The van der Waals surface area contributed by atoms with Crippen LogP contribution in [0.25, 0.3) is 0 Å². The van der Waals surface area contributed by atoms with E-state index in [1.807, 2.05) is 0 Å². The van der Waals surface area contributed by atoms with Gasteiger partial charge in [-0.25, -0.2) is 0 Å². The highest BCUT2D eigenvalue weighted by Crippen LogP contribution is 2.05. The van der Waals surface area contributed by atoms with Crippen LogP contribution in [0.4, 0.5) is 0 Å². The molecule has 0 amide bonds. The summed E-state index contributed by atoms with van der Waals surface area (Å²) in [5, 5.41) is 49.3. The van der Waals surface area contributed by atoms with Gasteiger partial charge in [0.2, 0.25) is 0 Å². The van der Waals surface area contributed by atoms with Gasteiger partial charge in [0.25, 0.3) is 0 Å². The Morgan fingerprint density at radius 3 is 2.32 bits per heavy atom. The fourth-order valence-electron chi connectivity index (χ4n) is 1.91. The average Bonchev–Trinajstić information content (AvgIpc) is 2.51. The molecule has 5 atom stereocenters. The van der Waals surface area contributed by atoms with E-state index in [4.69, 9.17) is 10.2 Å². The molecule has 0 aliphatic carbocycles. The van der Waals surface area contributed by atoms with Gasteiger partial charge in [0.05, 0.1) is 12.6 Å². The van der Waals surface area contributed by atoms with Gasteiger partial charge in [-0.15, -0.1) is 0 Å². The first-order valence-corrected chi connectivity index (χ1v) is 7.35. The van der Waals surface area contributed by atoms with Crippen LogP contribution in [0.1, 0.15) is 26.2 Å². The van der Waals surface area contributed by atoms with Crippen LogP contribution in [0.2, 0.25) is 0 Å². The van der Waals surface area contributed by atoms with Crippen molar-refractivity contribution < 1.29 is 30.3 Å². The molecular weight excluding hydrogens is 292 g/mol. The summed E-state index contributed by atoms with van der Waals surface area (Å²) in [4.78, 5) is 15.1. The van der Waals surface area contributed by atoms with Crippen molar-refractivity contribution in [2.45, 2.75) is 56.6 Å². The summed E-state index contributed by atoms with van der Waals surface area (Å²) in [6.07, 6.45) is -2.94. The Hall–Kier alpha value is -0.900. The monoisotopic (exact) mass is 320 g/mol. The Labute approximate surface area is 130 Å². The lowest BCUT2D eigenvalue weighted by Gasteiger charge is -2.23. The van der Waals surface area contributed by atoms with Crippen LogP contribution in [0.15, 0.2) is 4.99 Å². The topological polar surface area (TPSA) is 143 Å². The zero-order chi connectivity index (χ0) is 17.1. The lowest BCUT2D eigenvalue weighted by molar-refractivity contribution is -0.119. The predicted molar refractivity (Wildman–Crippen MR) is 81.9 cm³/mol. The minimum Gasteiger partial charge on any atom is -0.394 e. The molecule has 0 aromatic heterocycles. The van der Waals surface area contributed by atoms with Crippen molar-refractivity contribution in [1.82, 2.24) is 5.32 Å². The number of nitrogens with one attached hydrogen (secondary N) is 1. The third kappa shape index (κ3) is 7.92. The molecule has 0 aliphatic heterocycles. The van der Waals surface area contributed by atoms with E-state index in [1.165, 1.54) is 6.92 Å². The van der Waals surface area contributed by atoms with Crippen molar-refractivity contribution in [3.05, 3.63) is 0 Å². The number of hydrogen-bond acceptors (Lipinski definition) is 8. The van der Waals surface area contributed by atoms with E-state index >= 15 is 0 Å². The number of aliphatic hydroxyl groups is 5. The Balaban J connectivity index is 4.00. The maximum absolute atomic E-state index is 11.2. The molecule has 8 heteroatoms. The van der Waals surface area contributed by atoms with Crippen LogP contribution >= 0.6 is 0 Å². The zero-order valence-electron chi connectivity index (χ0n) is 13.1. The summed E-state index contributed by atoms with van der Waals surface area (Å²) < 4.78 is 0. The number of rotatable bonds is 12. The number of carbonyl (C=O) groups is 1. The van der Waals surface area contributed by atoms with E-state index in [9.17, 15) is 20.1 Å². The van der Waals surface area contributed by atoms with E-state index < -0.39 is 31.0 Å². The molecule has 0 rings (SSSR count). The highest BCUT2D eigenvalue weighted by molar-refractivity contribution is 5.81. The van der Waals surface area contributed by atoms with E-state index in [0.717, 1.165) is 12.6 Å². The van der Waals surface area contributed by atoms with Gasteiger partial charge in [0.1, 0.15) is 30.2 Å². The molecule has 0 aromatic carbocycles. The van der Waals surface area contributed by atoms with Crippen molar-refractivity contribution in [2.75, 3.05) is 20.2 Å². The van der Waals surface area contributed by atoms with Gasteiger partial charge in [-0.3, -0.25) is 9.79 Å². The maximum atomic E-state index is 11.2. The normalized spacial score (nSPS) is 18.9. The number of likely N-dealkylation sites (N-methyl/N-ethyl adjacent to an activating group) is 1. The Morgan fingerprint density at radius 2 is 1.82 bits per heavy atom. The second-order valence-electron chi connectivity index (χ2n) is 5.22. The standard InChI is InChI=1S/C14H28N2O6/c1-9(18)10(15-2)5-3-4-6-16-7-11(19)13(21)14(22)12(20)8-17/h7,10-15,17,19-22H,3-6,8H2,1-2H3/t10-,11?,12?,13?,14?/m0/s1. The average molecular weight is 320 g/mol. The van der Waals surface area contributed by atoms with Crippen LogP contribution in [-0.4, -0.2) is 88.2 Å². The van der Waals surface area contributed by atoms with Crippen LogP contribution in [0, 0.1) is 0 Å². The van der Waals surface area contributed by atoms with Crippen LogP contribution in [0.3, 0.4) is 0 Å². The second-order valence-corrected chi connectivity index (χ2v) is 5.22. The molecule has 0 heterocycles. The number of nitrogens with zero attached hydrogens (tertiary/aromatic N) is 1. The molecule has 0 bridgehead atoms. The molecule has 8 nitrogen and oxygen atoms in total. The first kappa shape index (κ1) is 21.1. The summed E-state index contributed by atoms with van der Waals surface area (Å²) in [6, 6.07) is -0.161. The van der Waals surface area contributed by atoms with Gasteiger partial charge >= 0.3 is 0 Å². The molecule has 6 N–H and O–H groups in total. The summed E-state index contributed by atoms with van der Waals surface area (Å²) in [5.74, 6) is 0.0842. The highest BCUT2D eigenvalue weighted by atomic mass is 16.4. The molecule has 0 saturated carbocycles. The minimum atomic E-state index is -1.65. The molecule has 0 spiro atoms. The first-order chi connectivity index (χ1) is 10.3. The molecular formula is C14H28N2O6. The number of carbonyl (C=O) groups excluding carboxylic acids is 1. The fraction of sp³-hybridized carbons (Fsp3) is 0.857. The Morgan fingerprint density at radius 1 is 1.18 bits per heavy atom. The quantitative estimate of drug-likeness (QED) is 0.178. The molecule has 22 heavy (non-hydrogen) atoms.